The second-order valence-corrected chi connectivity index (χ2v) is 8.33. The maximum Gasteiger partial charge on any atom is 0.248 e. The smallest absolute Gasteiger partial charge is 0.248 e. The van der Waals surface area contributed by atoms with Crippen molar-refractivity contribution < 1.29 is 27.4 Å². The molecule has 3 rings (SSSR count). The number of anilines is 2. The lowest BCUT2D eigenvalue weighted by Crippen LogP contribution is -2.46. The lowest BCUT2D eigenvalue weighted by atomic mass is 10.1. The summed E-state index contributed by atoms with van der Waals surface area (Å²) in [6, 6.07) is 10.7. The fourth-order valence-corrected chi connectivity index (χ4v) is 4.33. The molecule has 9 heteroatoms. The number of hydrogen-bond donors (Lipinski definition) is 1. The minimum Gasteiger partial charge on any atom is -0.494 e. The zero-order valence-corrected chi connectivity index (χ0v) is 17.4. The van der Waals surface area contributed by atoms with E-state index in [1.165, 1.54) is 0 Å². The summed E-state index contributed by atoms with van der Waals surface area (Å²) in [7, 11) is -3.71. The van der Waals surface area contributed by atoms with Crippen LogP contribution in [0, 0.1) is 0 Å². The summed E-state index contributed by atoms with van der Waals surface area (Å²) in [4.78, 5) is 13.0. The SMILES string of the molecule is CCOc1ccc(N([C@H](CC)C(=O)Nc2ccc3c(c2)OCO3)S(C)(=O)=O)cc1. The van der Waals surface area contributed by atoms with E-state index in [0.717, 1.165) is 10.6 Å². The Labute approximate surface area is 170 Å². The molecular formula is C20H24N2O6S. The van der Waals surface area contributed by atoms with E-state index >= 15 is 0 Å². The molecule has 0 unspecified atom stereocenters. The molecule has 1 aliphatic heterocycles. The van der Waals surface area contributed by atoms with Crippen molar-refractivity contribution in [2.45, 2.75) is 26.3 Å². The molecule has 0 spiro atoms. The first-order valence-corrected chi connectivity index (χ1v) is 11.1. The Kier molecular flexibility index (Phi) is 6.17. The Morgan fingerprint density at radius 3 is 2.45 bits per heavy atom. The number of sulfonamides is 1. The molecular weight excluding hydrogens is 396 g/mol. The van der Waals surface area contributed by atoms with Crippen LogP contribution in [0.15, 0.2) is 42.5 Å². The quantitative estimate of drug-likeness (QED) is 0.706. The van der Waals surface area contributed by atoms with E-state index in [4.69, 9.17) is 14.2 Å². The fourth-order valence-electron chi connectivity index (χ4n) is 3.12. The van der Waals surface area contributed by atoms with Crippen LogP contribution < -0.4 is 23.8 Å². The summed E-state index contributed by atoms with van der Waals surface area (Å²) in [5.41, 5.74) is 0.890. The second kappa shape index (κ2) is 8.60. The van der Waals surface area contributed by atoms with Crippen LogP contribution in [0.4, 0.5) is 11.4 Å². The van der Waals surface area contributed by atoms with Gasteiger partial charge < -0.3 is 19.5 Å². The van der Waals surface area contributed by atoms with Crippen LogP contribution in [0.1, 0.15) is 20.3 Å². The molecule has 0 saturated heterocycles. The lowest BCUT2D eigenvalue weighted by Gasteiger charge is -2.30. The molecule has 8 nitrogen and oxygen atoms in total. The first kappa shape index (κ1) is 20.8. The maximum absolute atomic E-state index is 13.0. The van der Waals surface area contributed by atoms with Crippen LogP contribution in [0.25, 0.3) is 0 Å². The Hall–Kier alpha value is -2.94. The fraction of sp³-hybridized carbons (Fsp3) is 0.350. The van der Waals surface area contributed by atoms with Crippen molar-refractivity contribution in [2.24, 2.45) is 0 Å². The third kappa shape index (κ3) is 4.73. The number of nitrogens with zero attached hydrogens (tertiary/aromatic N) is 1. The van der Waals surface area contributed by atoms with E-state index in [-0.39, 0.29) is 13.2 Å². The number of fused-ring (bicyclic) bond motifs is 1. The number of benzene rings is 2. The maximum atomic E-state index is 13.0. The molecule has 0 bridgehead atoms. The molecule has 0 radical (unpaired) electrons. The van der Waals surface area contributed by atoms with E-state index < -0.39 is 22.0 Å². The number of carbonyl (C=O) groups is 1. The van der Waals surface area contributed by atoms with Gasteiger partial charge in [0.05, 0.1) is 18.6 Å². The van der Waals surface area contributed by atoms with Crippen molar-refractivity contribution in [3.8, 4) is 17.2 Å². The summed E-state index contributed by atoms with van der Waals surface area (Å²) in [5, 5.41) is 2.77. The van der Waals surface area contributed by atoms with Crippen molar-refractivity contribution in [3.63, 3.8) is 0 Å². The lowest BCUT2D eigenvalue weighted by molar-refractivity contribution is -0.117. The van der Waals surface area contributed by atoms with Crippen molar-refractivity contribution in [2.75, 3.05) is 29.3 Å². The number of rotatable bonds is 8. The molecule has 29 heavy (non-hydrogen) atoms. The van der Waals surface area contributed by atoms with Gasteiger partial charge in [-0.15, -0.1) is 0 Å². The number of carbonyl (C=O) groups excluding carboxylic acids is 1. The summed E-state index contributed by atoms with van der Waals surface area (Å²) >= 11 is 0. The van der Waals surface area contributed by atoms with Crippen molar-refractivity contribution in [1.29, 1.82) is 0 Å². The molecule has 0 aliphatic carbocycles. The summed E-state index contributed by atoms with van der Waals surface area (Å²) in [5.74, 6) is 1.32. The molecule has 0 saturated carbocycles. The van der Waals surface area contributed by atoms with Crippen LogP contribution in [-0.2, 0) is 14.8 Å². The molecule has 0 aromatic heterocycles. The summed E-state index contributed by atoms with van der Waals surface area (Å²) < 4.78 is 42.2. The second-order valence-electron chi connectivity index (χ2n) is 6.47. The van der Waals surface area contributed by atoms with E-state index in [0.29, 0.717) is 35.2 Å². The van der Waals surface area contributed by atoms with Crippen molar-refractivity contribution in [1.82, 2.24) is 0 Å². The first-order chi connectivity index (χ1) is 13.8. The highest BCUT2D eigenvalue weighted by molar-refractivity contribution is 7.92. The zero-order chi connectivity index (χ0) is 21.0. The van der Waals surface area contributed by atoms with E-state index in [1.807, 2.05) is 6.92 Å². The number of nitrogens with one attached hydrogen (secondary N) is 1. The van der Waals surface area contributed by atoms with Gasteiger partial charge in [-0.05, 0) is 49.7 Å². The highest BCUT2D eigenvalue weighted by Gasteiger charge is 2.31. The Morgan fingerprint density at radius 2 is 1.83 bits per heavy atom. The van der Waals surface area contributed by atoms with Gasteiger partial charge in [-0.25, -0.2) is 8.42 Å². The molecule has 1 amide bonds. The minimum atomic E-state index is -3.71. The molecule has 1 N–H and O–H groups in total. The third-order valence-corrected chi connectivity index (χ3v) is 5.55. The van der Waals surface area contributed by atoms with Gasteiger partial charge in [-0.2, -0.15) is 0 Å². The molecule has 0 fully saturated rings. The Morgan fingerprint density at radius 1 is 1.14 bits per heavy atom. The highest BCUT2D eigenvalue weighted by Crippen LogP contribution is 2.34. The van der Waals surface area contributed by atoms with Gasteiger partial charge in [0, 0.05) is 11.8 Å². The van der Waals surface area contributed by atoms with Crippen LogP contribution in [0.3, 0.4) is 0 Å². The van der Waals surface area contributed by atoms with Gasteiger partial charge in [0.25, 0.3) is 0 Å². The largest absolute Gasteiger partial charge is 0.494 e. The topological polar surface area (TPSA) is 94.2 Å². The van der Waals surface area contributed by atoms with E-state index in [1.54, 1.807) is 49.4 Å². The number of ether oxygens (including phenoxy) is 3. The minimum absolute atomic E-state index is 0.129. The van der Waals surface area contributed by atoms with Crippen LogP contribution in [0.2, 0.25) is 0 Å². The van der Waals surface area contributed by atoms with Gasteiger partial charge in [-0.3, -0.25) is 9.10 Å². The van der Waals surface area contributed by atoms with Gasteiger partial charge in [0.15, 0.2) is 11.5 Å². The average Bonchev–Trinajstić information content (AvgIpc) is 3.14. The average molecular weight is 420 g/mol. The van der Waals surface area contributed by atoms with E-state index in [2.05, 4.69) is 5.32 Å². The third-order valence-electron chi connectivity index (χ3n) is 4.37. The predicted molar refractivity (Wildman–Crippen MR) is 110 cm³/mol. The van der Waals surface area contributed by atoms with Gasteiger partial charge in [0.2, 0.25) is 22.7 Å². The number of hydrogen-bond acceptors (Lipinski definition) is 6. The molecule has 2 aromatic rings. The van der Waals surface area contributed by atoms with Crippen LogP contribution in [-0.4, -0.2) is 40.0 Å². The Bertz CT molecular complexity index is 975. The van der Waals surface area contributed by atoms with Gasteiger partial charge in [0.1, 0.15) is 11.8 Å². The summed E-state index contributed by atoms with van der Waals surface area (Å²) in [6.07, 6.45) is 1.37. The van der Waals surface area contributed by atoms with Crippen molar-refractivity contribution >= 4 is 27.3 Å². The number of amides is 1. The monoisotopic (exact) mass is 420 g/mol. The Balaban J connectivity index is 1.86. The van der Waals surface area contributed by atoms with Crippen LogP contribution >= 0.6 is 0 Å². The highest BCUT2D eigenvalue weighted by atomic mass is 32.2. The normalized spacial score (nSPS) is 13.6. The van der Waals surface area contributed by atoms with Gasteiger partial charge in [-0.1, -0.05) is 6.92 Å². The van der Waals surface area contributed by atoms with Crippen LogP contribution in [0.5, 0.6) is 17.2 Å². The zero-order valence-electron chi connectivity index (χ0n) is 16.5. The predicted octanol–water partition coefficient (Wildman–Crippen LogP) is 3.00. The molecule has 2 aromatic carbocycles. The standard InChI is InChI=1S/C20H24N2O6S/c1-4-17(20(23)21-14-6-11-18-19(12-14)28-13-27-18)22(29(3,24)25)15-7-9-16(10-8-15)26-5-2/h6-12,17H,4-5,13H2,1-3H3,(H,21,23)/t17-/m1/s1. The van der Waals surface area contributed by atoms with Gasteiger partial charge >= 0.3 is 0 Å². The molecule has 156 valence electrons. The molecule has 1 aliphatic rings. The summed E-state index contributed by atoms with van der Waals surface area (Å²) in [6.45, 7) is 4.26. The molecule has 1 atom stereocenters. The van der Waals surface area contributed by atoms with Crippen molar-refractivity contribution in [3.05, 3.63) is 42.5 Å². The molecule has 1 heterocycles. The van der Waals surface area contributed by atoms with E-state index in [9.17, 15) is 13.2 Å². The first-order valence-electron chi connectivity index (χ1n) is 9.26.